The van der Waals surface area contributed by atoms with Crippen molar-refractivity contribution in [1.82, 2.24) is 24.7 Å². The highest BCUT2D eigenvalue weighted by Crippen LogP contribution is 2.08. The van der Waals surface area contributed by atoms with Crippen LogP contribution in [-0.2, 0) is 11.3 Å². The summed E-state index contributed by atoms with van der Waals surface area (Å²) < 4.78 is 0. The van der Waals surface area contributed by atoms with E-state index in [-0.39, 0.29) is 5.91 Å². The Balaban J connectivity index is 1.89. The van der Waals surface area contributed by atoms with Crippen molar-refractivity contribution in [3.05, 3.63) is 18.2 Å². The van der Waals surface area contributed by atoms with Gasteiger partial charge in [0.2, 0.25) is 5.91 Å². The van der Waals surface area contributed by atoms with Gasteiger partial charge in [0.05, 0.1) is 19.0 Å². The highest BCUT2D eigenvalue weighted by Gasteiger charge is 2.25. The number of amides is 1. The Hall–Kier alpha value is -1.44. The van der Waals surface area contributed by atoms with Crippen LogP contribution in [-0.4, -0.2) is 87.6 Å². The molecule has 1 aliphatic heterocycles. The lowest BCUT2D eigenvalue weighted by atomic mass is 10.3. The van der Waals surface area contributed by atoms with Gasteiger partial charge in [0, 0.05) is 50.7 Å². The van der Waals surface area contributed by atoms with Crippen molar-refractivity contribution in [3.63, 3.8) is 0 Å². The van der Waals surface area contributed by atoms with Gasteiger partial charge in [-0.05, 0) is 20.9 Å². The van der Waals surface area contributed by atoms with E-state index in [4.69, 9.17) is 0 Å². The maximum Gasteiger partial charge on any atom is 0.236 e. The predicted octanol–water partition coefficient (Wildman–Crippen LogP) is -0.245. The van der Waals surface area contributed by atoms with Crippen molar-refractivity contribution in [2.45, 2.75) is 32.5 Å². The lowest BCUT2D eigenvalue weighted by molar-refractivity contribution is -0.133. The molecule has 0 saturated carbocycles. The first-order chi connectivity index (χ1) is 10.5. The Morgan fingerprint density at radius 1 is 1.50 bits per heavy atom. The van der Waals surface area contributed by atoms with E-state index in [9.17, 15) is 9.90 Å². The second kappa shape index (κ2) is 7.71. The molecule has 1 amide bonds. The maximum atomic E-state index is 12.4. The van der Waals surface area contributed by atoms with Gasteiger partial charge < -0.3 is 15.0 Å². The zero-order valence-corrected chi connectivity index (χ0v) is 13.7. The Morgan fingerprint density at radius 3 is 2.91 bits per heavy atom. The number of aliphatic hydroxyl groups excluding tert-OH is 1. The van der Waals surface area contributed by atoms with Gasteiger partial charge in [0.15, 0.2) is 0 Å². The van der Waals surface area contributed by atoms with Crippen LogP contribution in [0.15, 0.2) is 12.5 Å². The number of aliphatic hydroxyl groups is 1. The Morgan fingerprint density at radius 2 is 2.27 bits per heavy atom. The van der Waals surface area contributed by atoms with Gasteiger partial charge in [-0.25, -0.2) is 4.98 Å². The number of aromatic nitrogens is 2. The number of H-pyrrole nitrogens is 1. The van der Waals surface area contributed by atoms with E-state index in [1.807, 2.05) is 11.9 Å². The molecular formula is C15H27N5O2. The fourth-order valence-corrected chi connectivity index (χ4v) is 2.53. The topological polar surface area (TPSA) is 75.7 Å². The Labute approximate surface area is 131 Å². The second-order valence-corrected chi connectivity index (χ2v) is 6.31. The summed E-state index contributed by atoms with van der Waals surface area (Å²) in [6.45, 7) is 7.62. The van der Waals surface area contributed by atoms with Gasteiger partial charge >= 0.3 is 0 Å². The molecule has 2 rings (SSSR count). The molecule has 0 spiro atoms. The SMILES string of the molecule is CC(C)N(C)CC(=O)N1CCN(Cc2cnc[nH]2)CC(O)C1. The quantitative estimate of drug-likeness (QED) is 0.785. The molecule has 1 aromatic rings. The summed E-state index contributed by atoms with van der Waals surface area (Å²) >= 11 is 0. The van der Waals surface area contributed by atoms with Gasteiger partial charge in [-0.1, -0.05) is 0 Å². The second-order valence-electron chi connectivity index (χ2n) is 6.31. The largest absolute Gasteiger partial charge is 0.390 e. The monoisotopic (exact) mass is 309 g/mol. The van der Waals surface area contributed by atoms with Gasteiger partial charge in [0.1, 0.15) is 0 Å². The molecule has 2 heterocycles. The van der Waals surface area contributed by atoms with Crippen molar-refractivity contribution in [2.24, 2.45) is 0 Å². The summed E-state index contributed by atoms with van der Waals surface area (Å²) in [5, 5.41) is 10.2. The average molecular weight is 309 g/mol. The molecule has 124 valence electrons. The third-order valence-electron chi connectivity index (χ3n) is 4.15. The number of imidazole rings is 1. The van der Waals surface area contributed by atoms with E-state index in [1.165, 1.54) is 0 Å². The minimum atomic E-state index is -0.515. The number of β-amino-alcohol motifs (C(OH)–C–C–N with tert-alkyl or cyclic N) is 1. The number of hydrogen-bond acceptors (Lipinski definition) is 5. The summed E-state index contributed by atoms with van der Waals surface area (Å²) in [6.07, 6.45) is 2.93. The van der Waals surface area contributed by atoms with Crippen LogP contribution in [0, 0.1) is 0 Å². The molecule has 1 saturated heterocycles. The first-order valence-electron chi connectivity index (χ1n) is 7.81. The van der Waals surface area contributed by atoms with Gasteiger partial charge in [0.25, 0.3) is 0 Å². The highest BCUT2D eigenvalue weighted by molar-refractivity contribution is 5.78. The van der Waals surface area contributed by atoms with Crippen LogP contribution < -0.4 is 0 Å². The summed E-state index contributed by atoms with van der Waals surface area (Å²) in [5.41, 5.74) is 1.02. The number of aromatic amines is 1. The number of carbonyl (C=O) groups is 1. The molecule has 1 aromatic heterocycles. The van der Waals surface area contributed by atoms with Gasteiger partial charge in [-0.3, -0.25) is 14.6 Å². The third-order valence-corrected chi connectivity index (χ3v) is 4.15. The third kappa shape index (κ3) is 4.79. The number of carbonyl (C=O) groups excluding carboxylic acids is 1. The summed E-state index contributed by atoms with van der Waals surface area (Å²) in [4.78, 5) is 25.4. The smallest absolute Gasteiger partial charge is 0.236 e. The lowest BCUT2D eigenvalue weighted by Gasteiger charge is -2.26. The standard InChI is InChI=1S/C15H27N5O2/c1-12(2)18(3)10-15(22)20-5-4-19(8-14(21)9-20)7-13-6-16-11-17-13/h6,11-12,14,21H,4-5,7-10H2,1-3H3,(H,16,17). The van der Waals surface area contributed by atoms with Crippen LogP contribution in [0.1, 0.15) is 19.5 Å². The maximum absolute atomic E-state index is 12.4. The molecule has 1 fully saturated rings. The number of hydrogen-bond donors (Lipinski definition) is 2. The molecule has 7 nitrogen and oxygen atoms in total. The molecule has 22 heavy (non-hydrogen) atoms. The Bertz CT molecular complexity index is 463. The first-order valence-corrected chi connectivity index (χ1v) is 7.81. The summed E-state index contributed by atoms with van der Waals surface area (Å²) in [7, 11) is 1.95. The number of nitrogens with one attached hydrogen (secondary N) is 1. The molecule has 0 aromatic carbocycles. The minimum Gasteiger partial charge on any atom is -0.390 e. The van der Waals surface area contributed by atoms with E-state index in [0.717, 1.165) is 12.2 Å². The fraction of sp³-hybridized carbons (Fsp3) is 0.733. The van der Waals surface area contributed by atoms with Crippen LogP contribution in [0.2, 0.25) is 0 Å². The van der Waals surface area contributed by atoms with E-state index in [0.29, 0.717) is 38.8 Å². The van der Waals surface area contributed by atoms with Crippen LogP contribution in [0.3, 0.4) is 0 Å². The average Bonchev–Trinajstić information content (AvgIpc) is 2.88. The molecule has 1 unspecified atom stereocenters. The lowest BCUT2D eigenvalue weighted by Crippen LogP contribution is -2.44. The van der Waals surface area contributed by atoms with Gasteiger partial charge in [-0.15, -0.1) is 0 Å². The molecule has 1 atom stereocenters. The van der Waals surface area contributed by atoms with Crippen molar-refractivity contribution in [1.29, 1.82) is 0 Å². The normalized spacial score (nSPS) is 20.6. The summed E-state index contributed by atoms with van der Waals surface area (Å²) in [5.74, 6) is 0.0821. The van der Waals surface area contributed by atoms with Gasteiger partial charge in [-0.2, -0.15) is 0 Å². The van der Waals surface area contributed by atoms with Crippen LogP contribution in [0.5, 0.6) is 0 Å². The summed E-state index contributed by atoms with van der Waals surface area (Å²) in [6, 6.07) is 0.331. The van der Waals surface area contributed by atoms with E-state index < -0.39 is 6.10 Å². The van der Waals surface area contributed by atoms with E-state index in [2.05, 4.69) is 28.7 Å². The number of likely N-dealkylation sites (N-methyl/N-ethyl adjacent to an activating group) is 1. The minimum absolute atomic E-state index is 0.0821. The number of rotatable bonds is 5. The molecular weight excluding hydrogens is 282 g/mol. The molecule has 2 N–H and O–H groups in total. The molecule has 0 bridgehead atoms. The van der Waals surface area contributed by atoms with Crippen LogP contribution in [0.25, 0.3) is 0 Å². The molecule has 0 radical (unpaired) electrons. The van der Waals surface area contributed by atoms with Crippen LogP contribution >= 0.6 is 0 Å². The van der Waals surface area contributed by atoms with Crippen molar-refractivity contribution < 1.29 is 9.90 Å². The Kier molecular flexibility index (Phi) is 5.93. The molecule has 1 aliphatic rings. The zero-order chi connectivity index (χ0) is 16.1. The zero-order valence-electron chi connectivity index (χ0n) is 13.7. The first kappa shape index (κ1) is 16.9. The molecule has 0 aliphatic carbocycles. The van der Waals surface area contributed by atoms with Crippen molar-refractivity contribution >= 4 is 5.91 Å². The van der Waals surface area contributed by atoms with E-state index in [1.54, 1.807) is 17.4 Å². The van der Waals surface area contributed by atoms with Crippen molar-refractivity contribution in [3.8, 4) is 0 Å². The van der Waals surface area contributed by atoms with Crippen molar-refractivity contribution in [2.75, 3.05) is 39.8 Å². The number of nitrogens with zero attached hydrogens (tertiary/aromatic N) is 4. The predicted molar refractivity (Wildman–Crippen MR) is 84.2 cm³/mol. The fourth-order valence-electron chi connectivity index (χ4n) is 2.53. The molecule has 7 heteroatoms. The highest BCUT2D eigenvalue weighted by atomic mass is 16.3. The van der Waals surface area contributed by atoms with E-state index >= 15 is 0 Å². The van der Waals surface area contributed by atoms with Crippen LogP contribution in [0.4, 0.5) is 0 Å².